The number of methoxy groups -OCH3 is 2. The molecule has 32 heavy (non-hydrogen) atoms. The first-order valence-electron chi connectivity index (χ1n) is 10.5. The Morgan fingerprint density at radius 1 is 1.12 bits per heavy atom. The van der Waals surface area contributed by atoms with Gasteiger partial charge in [-0.15, -0.1) is 0 Å². The largest absolute Gasteiger partial charge is 0.465 e. The Hall–Kier alpha value is -3.23. The quantitative estimate of drug-likeness (QED) is 0.319. The average Bonchev–Trinajstić information content (AvgIpc) is 3.43. The van der Waals surface area contributed by atoms with Crippen molar-refractivity contribution in [2.24, 2.45) is 0 Å². The molecular weight excluding hydrogens is 424 g/mol. The number of carbonyl (C=O) groups excluding carboxylic acids is 1. The summed E-state index contributed by atoms with van der Waals surface area (Å²) in [5.41, 5.74) is 3.17. The van der Waals surface area contributed by atoms with Crippen LogP contribution in [0.5, 0.6) is 0 Å². The first-order chi connectivity index (χ1) is 15.7. The molecule has 1 saturated heterocycles. The Morgan fingerprint density at radius 2 is 1.94 bits per heavy atom. The van der Waals surface area contributed by atoms with Crippen molar-refractivity contribution in [3.05, 3.63) is 83.9 Å². The Labute approximate surface area is 193 Å². The van der Waals surface area contributed by atoms with Gasteiger partial charge in [0.2, 0.25) is 0 Å². The summed E-state index contributed by atoms with van der Waals surface area (Å²) in [4.78, 5) is 19.2. The molecule has 0 saturated carbocycles. The van der Waals surface area contributed by atoms with Gasteiger partial charge in [0.1, 0.15) is 0 Å². The van der Waals surface area contributed by atoms with Gasteiger partial charge in [-0.2, -0.15) is 0 Å². The highest BCUT2D eigenvalue weighted by Crippen LogP contribution is 2.39. The lowest BCUT2D eigenvalue weighted by molar-refractivity contribution is 0.0600. The summed E-state index contributed by atoms with van der Waals surface area (Å²) < 4.78 is 12.3. The SMILES string of the molecule is COCCCN1C(=S)N[C@H](c2ccccn2)[C@@H]1c1cccn1-c1ccccc1C(=O)OC. The summed E-state index contributed by atoms with van der Waals surface area (Å²) in [5.74, 6) is -0.376. The van der Waals surface area contributed by atoms with Crippen LogP contribution in [0.15, 0.2) is 67.0 Å². The van der Waals surface area contributed by atoms with Gasteiger partial charge in [0.15, 0.2) is 5.11 Å². The molecule has 0 aliphatic carbocycles. The highest BCUT2D eigenvalue weighted by molar-refractivity contribution is 7.80. The van der Waals surface area contributed by atoms with Crippen LogP contribution in [0.4, 0.5) is 0 Å². The average molecular weight is 451 g/mol. The fourth-order valence-electron chi connectivity index (χ4n) is 4.17. The topological polar surface area (TPSA) is 68.6 Å². The van der Waals surface area contributed by atoms with E-state index in [4.69, 9.17) is 21.7 Å². The van der Waals surface area contributed by atoms with Gasteiger partial charge in [0.05, 0.1) is 36.1 Å². The number of nitrogens with one attached hydrogen (secondary N) is 1. The zero-order valence-corrected chi connectivity index (χ0v) is 18.9. The molecule has 0 bridgehead atoms. The number of carbonyl (C=O) groups is 1. The molecule has 3 heterocycles. The third-order valence-corrected chi connectivity index (χ3v) is 5.95. The summed E-state index contributed by atoms with van der Waals surface area (Å²) in [5, 5.41) is 4.14. The number of esters is 1. The maximum atomic E-state index is 12.4. The molecule has 2 aromatic heterocycles. The van der Waals surface area contributed by atoms with Crippen LogP contribution in [0.25, 0.3) is 5.69 Å². The molecule has 0 unspecified atom stereocenters. The lowest BCUT2D eigenvalue weighted by Gasteiger charge is -2.29. The van der Waals surface area contributed by atoms with Crippen molar-refractivity contribution in [3.63, 3.8) is 0 Å². The van der Waals surface area contributed by atoms with E-state index >= 15 is 0 Å². The van der Waals surface area contributed by atoms with Crippen molar-refractivity contribution in [2.45, 2.75) is 18.5 Å². The zero-order valence-electron chi connectivity index (χ0n) is 18.1. The third-order valence-electron chi connectivity index (χ3n) is 5.60. The van der Waals surface area contributed by atoms with E-state index in [1.54, 1.807) is 19.4 Å². The highest BCUT2D eigenvalue weighted by Gasteiger charge is 2.41. The summed E-state index contributed by atoms with van der Waals surface area (Å²) in [6, 6.07) is 17.1. The second kappa shape index (κ2) is 9.93. The molecule has 8 heteroatoms. The van der Waals surface area contributed by atoms with Crippen LogP contribution >= 0.6 is 12.2 Å². The van der Waals surface area contributed by atoms with Gasteiger partial charge >= 0.3 is 5.97 Å². The molecule has 1 aliphatic heterocycles. The molecule has 1 aliphatic rings. The van der Waals surface area contributed by atoms with Gasteiger partial charge in [0.25, 0.3) is 0 Å². The van der Waals surface area contributed by atoms with Gasteiger partial charge in [-0.25, -0.2) is 4.79 Å². The van der Waals surface area contributed by atoms with Crippen molar-refractivity contribution in [3.8, 4) is 5.69 Å². The highest BCUT2D eigenvalue weighted by atomic mass is 32.1. The summed E-state index contributed by atoms with van der Waals surface area (Å²) in [6.07, 6.45) is 4.58. The van der Waals surface area contributed by atoms with Crippen LogP contribution in [0.3, 0.4) is 0 Å². The fraction of sp³-hybridized carbons (Fsp3) is 0.292. The van der Waals surface area contributed by atoms with Gasteiger partial charge < -0.3 is 24.3 Å². The lowest BCUT2D eigenvalue weighted by atomic mass is 10.0. The standard InChI is InChI=1S/C24H26N4O3S/c1-30-16-8-15-28-22(21(26-24(28)32)18-10-5-6-13-25-18)20-12-7-14-27(20)19-11-4-3-9-17(19)23(29)31-2/h3-7,9-14,21-22H,8,15-16H2,1-2H3,(H,26,32)/t21-,22+/m1/s1. The smallest absolute Gasteiger partial charge is 0.339 e. The molecular formula is C24H26N4O3S. The van der Waals surface area contributed by atoms with Gasteiger partial charge in [-0.1, -0.05) is 18.2 Å². The number of para-hydroxylation sites is 1. The lowest BCUT2D eigenvalue weighted by Crippen LogP contribution is -2.32. The molecule has 3 aromatic rings. The number of nitrogens with zero attached hydrogens (tertiary/aromatic N) is 3. The van der Waals surface area contributed by atoms with Crippen LogP contribution in [0, 0.1) is 0 Å². The molecule has 4 rings (SSSR count). The van der Waals surface area contributed by atoms with Crippen molar-refractivity contribution in [1.82, 2.24) is 19.8 Å². The normalized spacial score (nSPS) is 17.9. The van der Waals surface area contributed by atoms with Gasteiger partial charge in [-0.05, 0) is 55.0 Å². The minimum Gasteiger partial charge on any atom is -0.465 e. The number of hydrogen-bond acceptors (Lipinski definition) is 5. The van der Waals surface area contributed by atoms with E-state index in [9.17, 15) is 4.79 Å². The maximum absolute atomic E-state index is 12.4. The minimum atomic E-state index is -0.376. The van der Waals surface area contributed by atoms with E-state index in [0.717, 1.165) is 30.0 Å². The molecule has 0 spiro atoms. The van der Waals surface area contributed by atoms with Crippen LogP contribution in [-0.4, -0.2) is 52.9 Å². The number of benzene rings is 1. The number of rotatable bonds is 8. The second-order valence-corrected chi connectivity index (χ2v) is 7.86. The molecule has 0 radical (unpaired) electrons. The Kier molecular flexibility index (Phi) is 6.82. The number of thiocarbonyl (C=S) groups is 1. The Morgan fingerprint density at radius 3 is 2.69 bits per heavy atom. The minimum absolute atomic E-state index is 0.116. The first kappa shape index (κ1) is 22.0. The van der Waals surface area contributed by atoms with Gasteiger partial charge in [0, 0.05) is 38.3 Å². The molecule has 2 atom stereocenters. The third kappa shape index (κ3) is 4.24. The summed E-state index contributed by atoms with van der Waals surface area (Å²) in [7, 11) is 3.09. The van der Waals surface area contributed by atoms with Crippen molar-refractivity contribution < 1.29 is 14.3 Å². The van der Waals surface area contributed by atoms with Crippen molar-refractivity contribution in [2.75, 3.05) is 27.4 Å². The predicted octanol–water partition coefficient (Wildman–Crippen LogP) is 3.67. The van der Waals surface area contributed by atoms with Crippen molar-refractivity contribution in [1.29, 1.82) is 0 Å². The van der Waals surface area contributed by atoms with E-state index in [0.29, 0.717) is 17.3 Å². The predicted molar refractivity (Wildman–Crippen MR) is 126 cm³/mol. The monoisotopic (exact) mass is 450 g/mol. The second-order valence-electron chi connectivity index (χ2n) is 7.48. The van der Waals surface area contributed by atoms with Gasteiger partial charge in [-0.3, -0.25) is 4.98 Å². The van der Waals surface area contributed by atoms with E-state index in [-0.39, 0.29) is 18.1 Å². The number of pyridine rings is 1. The van der Waals surface area contributed by atoms with E-state index in [1.807, 2.05) is 53.2 Å². The first-order valence-corrected chi connectivity index (χ1v) is 10.9. The van der Waals surface area contributed by atoms with E-state index < -0.39 is 0 Å². The Bertz CT molecular complexity index is 1090. The number of hydrogen-bond donors (Lipinski definition) is 1. The van der Waals surface area contributed by atoms with E-state index in [1.165, 1.54) is 7.11 Å². The summed E-state index contributed by atoms with van der Waals surface area (Å²) >= 11 is 5.73. The number of aromatic nitrogens is 2. The van der Waals surface area contributed by atoms with Crippen LogP contribution in [0.2, 0.25) is 0 Å². The Balaban J connectivity index is 1.80. The summed E-state index contributed by atoms with van der Waals surface area (Å²) in [6.45, 7) is 1.38. The molecule has 166 valence electrons. The van der Waals surface area contributed by atoms with E-state index in [2.05, 4.69) is 21.3 Å². The molecule has 7 nitrogen and oxygen atoms in total. The van der Waals surface area contributed by atoms with Crippen LogP contribution in [-0.2, 0) is 9.47 Å². The zero-order chi connectivity index (χ0) is 22.5. The maximum Gasteiger partial charge on any atom is 0.339 e. The van der Waals surface area contributed by atoms with Crippen LogP contribution < -0.4 is 5.32 Å². The molecule has 1 aromatic carbocycles. The fourth-order valence-corrected chi connectivity index (χ4v) is 4.50. The molecule has 0 amide bonds. The van der Waals surface area contributed by atoms with Crippen LogP contribution in [0.1, 0.15) is 40.3 Å². The molecule has 1 N–H and O–H groups in total. The number of ether oxygens (including phenoxy) is 2. The van der Waals surface area contributed by atoms with Crippen molar-refractivity contribution >= 4 is 23.3 Å². The molecule has 1 fully saturated rings.